The molecule has 1 fully saturated rings. The van der Waals surface area contributed by atoms with Crippen molar-refractivity contribution in [3.8, 4) is 0 Å². The first-order chi connectivity index (χ1) is 10.2. The molecule has 2 unspecified atom stereocenters. The fourth-order valence-electron chi connectivity index (χ4n) is 2.27. The van der Waals surface area contributed by atoms with Crippen LogP contribution in [0, 0.1) is 0 Å². The van der Waals surface area contributed by atoms with Gasteiger partial charge in [0.05, 0.1) is 11.4 Å². The number of fused-ring (bicyclic) bond motifs is 1. The van der Waals surface area contributed by atoms with Crippen LogP contribution in [0.4, 0.5) is 0 Å². The zero-order chi connectivity index (χ0) is 14.7. The van der Waals surface area contributed by atoms with Gasteiger partial charge in [0, 0.05) is 13.2 Å². The number of carbonyl (C=O) groups excluding carboxylic acids is 1. The molecule has 1 amide bonds. The second-order valence-corrected chi connectivity index (χ2v) is 6.38. The predicted molar refractivity (Wildman–Crippen MR) is 81.3 cm³/mol. The van der Waals surface area contributed by atoms with E-state index in [9.17, 15) is 4.79 Å². The van der Waals surface area contributed by atoms with Crippen LogP contribution in [0.15, 0.2) is 33.9 Å². The first kappa shape index (κ1) is 14.4. The van der Waals surface area contributed by atoms with E-state index in [0.717, 1.165) is 30.5 Å². The molecule has 0 saturated carbocycles. The largest absolute Gasteiger partial charge is 0.431 e. The minimum absolute atomic E-state index is 0.0160. The van der Waals surface area contributed by atoms with E-state index in [1.807, 2.05) is 31.2 Å². The lowest BCUT2D eigenvalue weighted by molar-refractivity contribution is -0.120. The lowest BCUT2D eigenvalue weighted by Gasteiger charge is -2.13. The Morgan fingerprint density at radius 2 is 2.38 bits per heavy atom. The summed E-state index contributed by atoms with van der Waals surface area (Å²) < 4.78 is 11.1. The molecule has 1 aromatic heterocycles. The normalized spacial score (nSPS) is 19.8. The number of oxazole rings is 1. The summed E-state index contributed by atoms with van der Waals surface area (Å²) in [6.07, 6.45) is 2.26. The Labute approximate surface area is 127 Å². The van der Waals surface area contributed by atoms with Crippen LogP contribution in [0.2, 0.25) is 0 Å². The van der Waals surface area contributed by atoms with Gasteiger partial charge in [-0.05, 0) is 31.9 Å². The summed E-state index contributed by atoms with van der Waals surface area (Å²) in [6, 6.07) is 7.58. The molecule has 112 valence electrons. The number of aromatic nitrogens is 1. The van der Waals surface area contributed by atoms with E-state index in [0.29, 0.717) is 11.8 Å². The highest BCUT2D eigenvalue weighted by Gasteiger charge is 2.20. The average molecular weight is 306 g/mol. The third-order valence-corrected chi connectivity index (χ3v) is 4.39. The Bertz CT molecular complexity index is 589. The second-order valence-electron chi connectivity index (χ2n) is 5.09. The third kappa shape index (κ3) is 3.57. The van der Waals surface area contributed by atoms with Gasteiger partial charge in [-0.25, -0.2) is 4.98 Å². The smallest absolute Gasteiger partial charge is 0.257 e. The number of nitrogens with zero attached hydrogens (tertiary/aromatic N) is 1. The van der Waals surface area contributed by atoms with Crippen molar-refractivity contribution < 1.29 is 13.9 Å². The van der Waals surface area contributed by atoms with Crippen molar-refractivity contribution in [3.63, 3.8) is 0 Å². The monoisotopic (exact) mass is 306 g/mol. The molecule has 6 heteroatoms. The standard InChI is InChI=1S/C15H18N2O3S/c1-10(14(18)16-9-11-5-4-8-19-11)21-15-17-12-6-2-3-7-13(12)20-15/h2-3,6-7,10-11H,4-5,8-9H2,1H3,(H,16,18). The van der Waals surface area contributed by atoms with Crippen molar-refractivity contribution in [1.29, 1.82) is 0 Å². The van der Waals surface area contributed by atoms with E-state index in [-0.39, 0.29) is 17.3 Å². The summed E-state index contributed by atoms with van der Waals surface area (Å²) in [5.41, 5.74) is 1.55. The van der Waals surface area contributed by atoms with Crippen LogP contribution in [0.5, 0.6) is 0 Å². The summed E-state index contributed by atoms with van der Waals surface area (Å²) in [7, 11) is 0. The maximum atomic E-state index is 12.1. The number of benzene rings is 1. The molecule has 2 atom stereocenters. The summed E-state index contributed by atoms with van der Waals surface area (Å²) in [5.74, 6) is -0.0160. The van der Waals surface area contributed by atoms with Gasteiger partial charge >= 0.3 is 0 Å². The maximum Gasteiger partial charge on any atom is 0.257 e. The lowest BCUT2D eigenvalue weighted by atomic mass is 10.2. The van der Waals surface area contributed by atoms with Gasteiger partial charge in [-0.1, -0.05) is 23.9 Å². The number of hydrogen-bond donors (Lipinski definition) is 1. The predicted octanol–water partition coefficient (Wildman–Crippen LogP) is 2.60. The van der Waals surface area contributed by atoms with Crippen LogP contribution in [0.1, 0.15) is 19.8 Å². The van der Waals surface area contributed by atoms with E-state index in [2.05, 4.69) is 10.3 Å². The van der Waals surface area contributed by atoms with Gasteiger partial charge in [0.25, 0.3) is 5.22 Å². The minimum Gasteiger partial charge on any atom is -0.431 e. The van der Waals surface area contributed by atoms with Crippen molar-refractivity contribution in [2.45, 2.75) is 36.3 Å². The van der Waals surface area contributed by atoms with Crippen LogP contribution in [-0.2, 0) is 9.53 Å². The van der Waals surface area contributed by atoms with Crippen molar-refractivity contribution in [2.24, 2.45) is 0 Å². The van der Waals surface area contributed by atoms with Gasteiger partial charge in [0.1, 0.15) is 5.52 Å². The Morgan fingerprint density at radius 1 is 1.52 bits per heavy atom. The molecule has 21 heavy (non-hydrogen) atoms. The van der Waals surface area contributed by atoms with Crippen molar-refractivity contribution >= 4 is 28.8 Å². The van der Waals surface area contributed by atoms with Crippen LogP contribution in [0.3, 0.4) is 0 Å². The van der Waals surface area contributed by atoms with Crippen molar-refractivity contribution in [2.75, 3.05) is 13.2 Å². The van der Waals surface area contributed by atoms with Crippen LogP contribution < -0.4 is 5.32 Å². The zero-order valence-electron chi connectivity index (χ0n) is 11.9. The molecule has 5 nitrogen and oxygen atoms in total. The Kier molecular flexibility index (Phi) is 4.45. The molecule has 1 N–H and O–H groups in total. The fraction of sp³-hybridized carbons (Fsp3) is 0.467. The van der Waals surface area contributed by atoms with E-state index in [1.54, 1.807) is 0 Å². The molecule has 0 radical (unpaired) electrons. The number of rotatable bonds is 5. The Morgan fingerprint density at radius 3 is 3.14 bits per heavy atom. The van der Waals surface area contributed by atoms with Crippen LogP contribution >= 0.6 is 11.8 Å². The number of para-hydroxylation sites is 2. The molecule has 0 aliphatic carbocycles. The van der Waals surface area contributed by atoms with E-state index in [1.165, 1.54) is 11.8 Å². The quantitative estimate of drug-likeness (QED) is 0.860. The number of nitrogens with one attached hydrogen (secondary N) is 1. The highest BCUT2D eigenvalue weighted by atomic mass is 32.2. The molecular formula is C15H18N2O3S. The summed E-state index contributed by atoms with van der Waals surface area (Å²) in [5, 5.41) is 3.20. The molecule has 1 aliphatic heterocycles. The highest BCUT2D eigenvalue weighted by Crippen LogP contribution is 2.26. The number of hydrogen-bond acceptors (Lipinski definition) is 5. The molecule has 1 aliphatic rings. The second kappa shape index (κ2) is 6.49. The highest BCUT2D eigenvalue weighted by molar-refractivity contribution is 8.00. The summed E-state index contributed by atoms with van der Waals surface area (Å²) in [6.45, 7) is 3.23. The van der Waals surface area contributed by atoms with Gasteiger partial charge in [0.15, 0.2) is 5.58 Å². The van der Waals surface area contributed by atoms with Crippen molar-refractivity contribution in [3.05, 3.63) is 24.3 Å². The van der Waals surface area contributed by atoms with Gasteiger partial charge < -0.3 is 14.5 Å². The van der Waals surface area contributed by atoms with Gasteiger partial charge in [-0.3, -0.25) is 4.79 Å². The SMILES string of the molecule is CC(Sc1nc2ccccc2o1)C(=O)NCC1CCCO1. The van der Waals surface area contributed by atoms with Gasteiger partial charge in [0.2, 0.25) is 5.91 Å². The number of amides is 1. The maximum absolute atomic E-state index is 12.1. The summed E-state index contributed by atoms with van der Waals surface area (Å²) >= 11 is 1.33. The molecule has 0 spiro atoms. The number of thioether (sulfide) groups is 1. The minimum atomic E-state index is -0.250. The molecule has 1 aromatic carbocycles. The molecule has 1 saturated heterocycles. The first-order valence-corrected chi connectivity index (χ1v) is 8.02. The molecular weight excluding hydrogens is 288 g/mol. The van der Waals surface area contributed by atoms with E-state index < -0.39 is 0 Å². The van der Waals surface area contributed by atoms with E-state index in [4.69, 9.17) is 9.15 Å². The van der Waals surface area contributed by atoms with Crippen LogP contribution in [0.25, 0.3) is 11.1 Å². The van der Waals surface area contributed by atoms with Crippen LogP contribution in [-0.4, -0.2) is 35.4 Å². The van der Waals surface area contributed by atoms with Crippen molar-refractivity contribution in [1.82, 2.24) is 10.3 Å². The third-order valence-electron chi connectivity index (χ3n) is 3.45. The topological polar surface area (TPSA) is 64.4 Å². The molecule has 2 heterocycles. The molecule has 0 bridgehead atoms. The molecule has 2 aromatic rings. The Balaban J connectivity index is 1.54. The average Bonchev–Trinajstić information content (AvgIpc) is 3.13. The fourth-order valence-corrected chi connectivity index (χ4v) is 3.05. The number of ether oxygens (including phenoxy) is 1. The van der Waals surface area contributed by atoms with E-state index >= 15 is 0 Å². The van der Waals surface area contributed by atoms with Gasteiger partial charge in [-0.15, -0.1) is 0 Å². The first-order valence-electron chi connectivity index (χ1n) is 7.14. The van der Waals surface area contributed by atoms with Gasteiger partial charge in [-0.2, -0.15) is 0 Å². The molecule has 3 rings (SSSR count). The zero-order valence-corrected chi connectivity index (χ0v) is 12.7. The Hall–Kier alpha value is -1.53. The lowest BCUT2D eigenvalue weighted by Crippen LogP contribution is -2.36. The summed E-state index contributed by atoms with van der Waals surface area (Å²) in [4.78, 5) is 16.4. The number of carbonyl (C=O) groups is 1.